The molecular formula is C14H19N3O4. The highest BCUT2D eigenvalue weighted by atomic mass is 16.6. The Kier molecular flexibility index (Phi) is 4.64. The van der Waals surface area contributed by atoms with E-state index in [1.54, 1.807) is 19.6 Å². The van der Waals surface area contributed by atoms with Gasteiger partial charge in [-0.25, -0.2) is 9.67 Å². The molecule has 21 heavy (non-hydrogen) atoms. The zero-order chi connectivity index (χ0) is 14.5. The average molecular weight is 293 g/mol. The van der Waals surface area contributed by atoms with Gasteiger partial charge in [0.05, 0.1) is 44.8 Å². The molecule has 0 spiro atoms. The van der Waals surface area contributed by atoms with Crippen LogP contribution in [0.1, 0.15) is 5.82 Å². The highest BCUT2D eigenvalue weighted by Gasteiger charge is 2.20. The Bertz CT molecular complexity index is 547. The van der Waals surface area contributed by atoms with Crippen molar-refractivity contribution in [3.63, 3.8) is 0 Å². The molecule has 1 atom stereocenters. The molecule has 0 bridgehead atoms. The molecule has 0 radical (unpaired) electrons. The molecule has 7 heteroatoms. The normalized spacial score (nSPS) is 19.0. The molecule has 1 saturated heterocycles. The van der Waals surface area contributed by atoms with Crippen LogP contribution in [0.25, 0.3) is 11.4 Å². The van der Waals surface area contributed by atoms with Crippen molar-refractivity contribution < 1.29 is 18.6 Å². The van der Waals surface area contributed by atoms with Crippen LogP contribution < -0.4 is 0 Å². The fourth-order valence-corrected chi connectivity index (χ4v) is 2.26. The first kappa shape index (κ1) is 14.2. The number of rotatable bonds is 6. The summed E-state index contributed by atoms with van der Waals surface area (Å²) in [5.41, 5.74) is 0.905. The van der Waals surface area contributed by atoms with Gasteiger partial charge in [-0.15, -0.1) is 0 Å². The number of hydrogen-bond donors (Lipinski definition) is 0. The number of nitrogens with zero attached hydrogens (tertiary/aromatic N) is 3. The summed E-state index contributed by atoms with van der Waals surface area (Å²) in [4.78, 5) is 4.57. The van der Waals surface area contributed by atoms with E-state index in [0.29, 0.717) is 39.4 Å². The second-order valence-corrected chi connectivity index (χ2v) is 4.86. The third-order valence-corrected chi connectivity index (χ3v) is 3.29. The SMILES string of the molecule is COCCc1nc(-c2ccoc2)n(C[C@H]2COCCO2)n1. The molecule has 2 aromatic heterocycles. The fourth-order valence-electron chi connectivity index (χ4n) is 2.26. The maximum atomic E-state index is 5.68. The predicted octanol–water partition coefficient (Wildman–Crippen LogP) is 1.14. The smallest absolute Gasteiger partial charge is 0.161 e. The van der Waals surface area contributed by atoms with Crippen LogP contribution in [-0.4, -0.2) is 54.4 Å². The molecular weight excluding hydrogens is 274 g/mol. The van der Waals surface area contributed by atoms with E-state index in [0.717, 1.165) is 17.2 Å². The number of hydrogen-bond acceptors (Lipinski definition) is 6. The van der Waals surface area contributed by atoms with E-state index in [4.69, 9.17) is 18.6 Å². The Hall–Kier alpha value is -1.70. The molecule has 0 aliphatic carbocycles. The van der Waals surface area contributed by atoms with Crippen molar-refractivity contribution in [3.8, 4) is 11.4 Å². The first-order valence-electron chi connectivity index (χ1n) is 7.01. The van der Waals surface area contributed by atoms with Crippen LogP contribution in [0.4, 0.5) is 0 Å². The van der Waals surface area contributed by atoms with Crippen LogP contribution in [0, 0.1) is 0 Å². The standard InChI is InChI=1S/C14H19N3O4/c1-18-4-3-13-15-14(11-2-5-19-9-11)17(16-13)8-12-10-20-6-7-21-12/h2,5,9,12H,3-4,6-8,10H2,1H3/t12-/m0/s1. The number of furan rings is 1. The van der Waals surface area contributed by atoms with Gasteiger partial charge in [-0.1, -0.05) is 0 Å². The Labute approximate surface area is 122 Å². The lowest BCUT2D eigenvalue weighted by Gasteiger charge is -2.23. The molecule has 3 rings (SSSR count). The molecule has 0 unspecified atom stereocenters. The number of methoxy groups -OCH3 is 1. The van der Waals surface area contributed by atoms with Gasteiger partial charge in [0, 0.05) is 13.5 Å². The summed E-state index contributed by atoms with van der Waals surface area (Å²) in [7, 11) is 1.67. The minimum atomic E-state index is 0.00127. The molecule has 0 saturated carbocycles. The lowest BCUT2D eigenvalue weighted by Crippen LogP contribution is -2.32. The van der Waals surface area contributed by atoms with Crippen LogP contribution in [0.3, 0.4) is 0 Å². The highest BCUT2D eigenvalue weighted by molar-refractivity contribution is 5.52. The van der Waals surface area contributed by atoms with Crippen molar-refractivity contribution in [3.05, 3.63) is 24.4 Å². The Balaban J connectivity index is 1.80. The van der Waals surface area contributed by atoms with Crippen LogP contribution in [0.5, 0.6) is 0 Å². The second-order valence-electron chi connectivity index (χ2n) is 4.86. The molecule has 1 aliphatic rings. The molecule has 2 aromatic rings. The monoisotopic (exact) mass is 293 g/mol. The quantitative estimate of drug-likeness (QED) is 0.795. The van der Waals surface area contributed by atoms with Gasteiger partial charge in [-0.05, 0) is 6.07 Å². The van der Waals surface area contributed by atoms with Gasteiger partial charge in [0.1, 0.15) is 12.4 Å². The second kappa shape index (κ2) is 6.84. The number of aromatic nitrogens is 3. The predicted molar refractivity (Wildman–Crippen MR) is 73.9 cm³/mol. The van der Waals surface area contributed by atoms with Crippen molar-refractivity contribution in [2.24, 2.45) is 0 Å². The van der Waals surface area contributed by atoms with Crippen LogP contribution in [-0.2, 0) is 27.2 Å². The summed E-state index contributed by atoms with van der Waals surface area (Å²) in [5.74, 6) is 1.54. The third kappa shape index (κ3) is 3.49. The Morgan fingerprint density at radius 1 is 1.43 bits per heavy atom. The first-order valence-corrected chi connectivity index (χ1v) is 7.01. The molecule has 1 aliphatic heterocycles. The maximum absolute atomic E-state index is 5.68. The molecule has 0 amide bonds. The number of ether oxygens (including phenoxy) is 3. The Morgan fingerprint density at radius 2 is 2.38 bits per heavy atom. The lowest BCUT2D eigenvalue weighted by atomic mass is 10.3. The molecule has 3 heterocycles. The summed E-state index contributed by atoms with van der Waals surface area (Å²) in [6.07, 6.45) is 3.97. The highest BCUT2D eigenvalue weighted by Crippen LogP contribution is 2.19. The van der Waals surface area contributed by atoms with Gasteiger partial charge in [0.15, 0.2) is 11.6 Å². The van der Waals surface area contributed by atoms with E-state index in [9.17, 15) is 0 Å². The largest absolute Gasteiger partial charge is 0.472 e. The topological polar surface area (TPSA) is 71.5 Å². The summed E-state index contributed by atoms with van der Waals surface area (Å²) in [5, 5.41) is 4.55. The summed E-state index contributed by atoms with van der Waals surface area (Å²) in [6, 6.07) is 1.87. The van der Waals surface area contributed by atoms with E-state index in [2.05, 4.69) is 10.1 Å². The van der Waals surface area contributed by atoms with Crippen molar-refractivity contribution in [2.75, 3.05) is 33.5 Å². The van der Waals surface area contributed by atoms with Crippen LogP contribution in [0.2, 0.25) is 0 Å². The fraction of sp³-hybridized carbons (Fsp3) is 0.571. The van der Waals surface area contributed by atoms with E-state index in [-0.39, 0.29) is 6.10 Å². The van der Waals surface area contributed by atoms with Gasteiger partial charge in [0.2, 0.25) is 0 Å². The maximum Gasteiger partial charge on any atom is 0.161 e. The van der Waals surface area contributed by atoms with E-state index in [1.807, 2.05) is 10.7 Å². The zero-order valence-electron chi connectivity index (χ0n) is 12.0. The van der Waals surface area contributed by atoms with Gasteiger partial charge < -0.3 is 18.6 Å². The van der Waals surface area contributed by atoms with Crippen molar-refractivity contribution in [1.29, 1.82) is 0 Å². The minimum absolute atomic E-state index is 0.00127. The molecule has 0 aromatic carbocycles. The van der Waals surface area contributed by atoms with Gasteiger partial charge in [0.25, 0.3) is 0 Å². The van der Waals surface area contributed by atoms with E-state index in [1.165, 1.54) is 0 Å². The van der Waals surface area contributed by atoms with Crippen molar-refractivity contribution >= 4 is 0 Å². The van der Waals surface area contributed by atoms with Gasteiger partial charge in [-0.2, -0.15) is 5.10 Å². The lowest BCUT2D eigenvalue weighted by molar-refractivity contribution is -0.0945. The van der Waals surface area contributed by atoms with Gasteiger partial charge >= 0.3 is 0 Å². The van der Waals surface area contributed by atoms with Crippen LogP contribution in [0.15, 0.2) is 23.0 Å². The van der Waals surface area contributed by atoms with E-state index < -0.39 is 0 Å². The summed E-state index contributed by atoms with van der Waals surface area (Å²) >= 11 is 0. The van der Waals surface area contributed by atoms with E-state index >= 15 is 0 Å². The summed E-state index contributed by atoms with van der Waals surface area (Å²) in [6.45, 7) is 3.06. The van der Waals surface area contributed by atoms with Crippen LogP contribution >= 0.6 is 0 Å². The average Bonchev–Trinajstić information content (AvgIpc) is 3.15. The van der Waals surface area contributed by atoms with Crippen molar-refractivity contribution in [1.82, 2.24) is 14.8 Å². The van der Waals surface area contributed by atoms with Gasteiger partial charge in [-0.3, -0.25) is 0 Å². The first-order chi connectivity index (χ1) is 10.4. The molecule has 114 valence electrons. The molecule has 1 fully saturated rings. The minimum Gasteiger partial charge on any atom is -0.472 e. The summed E-state index contributed by atoms with van der Waals surface area (Å²) < 4.78 is 23.2. The molecule has 7 nitrogen and oxygen atoms in total. The Morgan fingerprint density at radius 3 is 3.10 bits per heavy atom. The van der Waals surface area contributed by atoms with Crippen molar-refractivity contribution in [2.45, 2.75) is 19.1 Å². The zero-order valence-corrected chi connectivity index (χ0v) is 12.0. The third-order valence-electron chi connectivity index (χ3n) is 3.29. The molecule has 0 N–H and O–H groups in total.